The summed E-state index contributed by atoms with van der Waals surface area (Å²) in [5, 5.41) is 6.30. The number of methoxy groups -OCH3 is 2. The van der Waals surface area contributed by atoms with Gasteiger partial charge in [0.15, 0.2) is 11.5 Å². The number of carbonyl (C=O) groups excluding carboxylic acids is 1. The lowest BCUT2D eigenvalue weighted by atomic mass is 10.1. The Hall–Kier alpha value is -2.53. The van der Waals surface area contributed by atoms with E-state index in [0.717, 1.165) is 47.7 Å². The number of carbonyl (C=O) groups is 1. The van der Waals surface area contributed by atoms with Gasteiger partial charge < -0.3 is 20.1 Å². The first-order valence-corrected chi connectivity index (χ1v) is 8.97. The van der Waals surface area contributed by atoms with Gasteiger partial charge in [0.25, 0.3) is 0 Å². The SMILES string of the molecule is CCc1ccccc1NC(=O)CCNCCc1ccc(OC)c(OC)c1. The molecule has 1 amide bonds. The van der Waals surface area contributed by atoms with Crippen molar-refractivity contribution in [3.05, 3.63) is 53.6 Å². The highest BCUT2D eigenvalue weighted by Crippen LogP contribution is 2.27. The maximum atomic E-state index is 12.1. The van der Waals surface area contributed by atoms with Crippen molar-refractivity contribution in [3.63, 3.8) is 0 Å². The number of amides is 1. The summed E-state index contributed by atoms with van der Waals surface area (Å²) < 4.78 is 10.6. The van der Waals surface area contributed by atoms with Crippen molar-refractivity contribution in [2.75, 3.05) is 32.6 Å². The van der Waals surface area contributed by atoms with Crippen LogP contribution in [-0.2, 0) is 17.6 Å². The van der Waals surface area contributed by atoms with Crippen LogP contribution in [0.3, 0.4) is 0 Å². The summed E-state index contributed by atoms with van der Waals surface area (Å²) in [4.78, 5) is 12.1. The minimum Gasteiger partial charge on any atom is -0.493 e. The summed E-state index contributed by atoms with van der Waals surface area (Å²) in [6.45, 7) is 3.53. The molecule has 2 rings (SSSR count). The van der Waals surface area contributed by atoms with Crippen molar-refractivity contribution < 1.29 is 14.3 Å². The molecular formula is C21H28N2O3. The fraction of sp³-hybridized carbons (Fsp3) is 0.381. The number of ether oxygens (including phenoxy) is 2. The van der Waals surface area contributed by atoms with Gasteiger partial charge in [0.2, 0.25) is 5.91 Å². The van der Waals surface area contributed by atoms with E-state index in [2.05, 4.69) is 17.6 Å². The van der Waals surface area contributed by atoms with Gasteiger partial charge in [0, 0.05) is 18.7 Å². The van der Waals surface area contributed by atoms with Crippen LogP contribution in [0.4, 0.5) is 5.69 Å². The molecule has 0 aliphatic carbocycles. The topological polar surface area (TPSA) is 59.6 Å². The van der Waals surface area contributed by atoms with Crippen molar-refractivity contribution >= 4 is 11.6 Å². The Bertz CT molecular complexity index is 716. The number of rotatable bonds is 10. The van der Waals surface area contributed by atoms with Gasteiger partial charge >= 0.3 is 0 Å². The van der Waals surface area contributed by atoms with Gasteiger partial charge in [-0.3, -0.25) is 4.79 Å². The molecule has 5 heteroatoms. The first-order valence-electron chi connectivity index (χ1n) is 8.97. The van der Waals surface area contributed by atoms with E-state index in [4.69, 9.17) is 9.47 Å². The second-order valence-corrected chi connectivity index (χ2v) is 6.00. The van der Waals surface area contributed by atoms with Crippen molar-refractivity contribution in [1.82, 2.24) is 5.32 Å². The Labute approximate surface area is 155 Å². The number of nitrogens with one attached hydrogen (secondary N) is 2. The average Bonchev–Trinajstić information content (AvgIpc) is 2.67. The third-order valence-electron chi connectivity index (χ3n) is 4.24. The zero-order chi connectivity index (χ0) is 18.8. The van der Waals surface area contributed by atoms with E-state index in [-0.39, 0.29) is 5.91 Å². The largest absolute Gasteiger partial charge is 0.493 e. The zero-order valence-electron chi connectivity index (χ0n) is 15.8. The second kappa shape index (κ2) is 10.5. The van der Waals surface area contributed by atoms with Gasteiger partial charge in [0.05, 0.1) is 14.2 Å². The molecule has 0 spiro atoms. The molecule has 26 heavy (non-hydrogen) atoms. The van der Waals surface area contributed by atoms with Crippen LogP contribution >= 0.6 is 0 Å². The predicted octanol–water partition coefficient (Wildman–Crippen LogP) is 3.43. The van der Waals surface area contributed by atoms with Crippen molar-refractivity contribution in [1.29, 1.82) is 0 Å². The van der Waals surface area contributed by atoms with Gasteiger partial charge in [-0.05, 0) is 48.7 Å². The summed E-state index contributed by atoms with van der Waals surface area (Å²) in [6.07, 6.45) is 2.21. The minimum absolute atomic E-state index is 0.0320. The first kappa shape index (κ1) is 19.8. The third-order valence-corrected chi connectivity index (χ3v) is 4.24. The highest BCUT2D eigenvalue weighted by molar-refractivity contribution is 5.91. The van der Waals surface area contributed by atoms with Gasteiger partial charge in [-0.2, -0.15) is 0 Å². The average molecular weight is 356 g/mol. The molecule has 0 saturated carbocycles. The van der Waals surface area contributed by atoms with Crippen molar-refractivity contribution in [3.8, 4) is 11.5 Å². The third kappa shape index (κ3) is 5.77. The van der Waals surface area contributed by atoms with Crippen LogP contribution in [0, 0.1) is 0 Å². The van der Waals surface area contributed by atoms with Crippen LogP contribution in [-0.4, -0.2) is 33.2 Å². The maximum Gasteiger partial charge on any atom is 0.225 e. The summed E-state index contributed by atoms with van der Waals surface area (Å²) in [6, 6.07) is 13.8. The molecule has 0 saturated heterocycles. The molecule has 0 aliphatic heterocycles. The molecule has 5 nitrogen and oxygen atoms in total. The van der Waals surface area contributed by atoms with E-state index in [0.29, 0.717) is 13.0 Å². The Balaban J connectivity index is 1.71. The summed E-state index contributed by atoms with van der Waals surface area (Å²) in [5.74, 6) is 1.50. The fourth-order valence-electron chi connectivity index (χ4n) is 2.76. The number of benzene rings is 2. The molecule has 2 N–H and O–H groups in total. The highest BCUT2D eigenvalue weighted by atomic mass is 16.5. The molecule has 0 heterocycles. The van der Waals surface area contributed by atoms with Gasteiger partial charge in [-0.15, -0.1) is 0 Å². The second-order valence-electron chi connectivity index (χ2n) is 6.00. The van der Waals surface area contributed by atoms with Crippen LogP contribution < -0.4 is 20.1 Å². The molecule has 140 valence electrons. The van der Waals surface area contributed by atoms with E-state index in [1.54, 1.807) is 14.2 Å². The normalized spacial score (nSPS) is 10.4. The molecule has 0 atom stereocenters. The fourth-order valence-corrected chi connectivity index (χ4v) is 2.76. The standard InChI is InChI=1S/C21H28N2O3/c1-4-17-7-5-6-8-18(17)23-21(24)12-14-22-13-11-16-9-10-19(25-2)20(15-16)26-3/h5-10,15,22H,4,11-14H2,1-3H3,(H,23,24). The molecule has 0 radical (unpaired) electrons. The quantitative estimate of drug-likeness (QED) is 0.641. The summed E-state index contributed by atoms with van der Waals surface area (Å²) in [5.41, 5.74) is 3.23. The first-order chi connectivity index (χ1) is 12.7. The van der Waals surface area contributed by atoms with Gasteiger partial charge in [-0.1, -0.05) is 31.2 Å². The van der Waals surface area contributed by atoms with E-state index < -0.39 is 0 Å². The molecule has 2 aromatic rings. The molecule has 0 fully saturated rings. The lowest BCUT2D eigenvalue weighted by Gasteiger charge is -2.11. The Morgan fingerprint density at radius 3 is 2.50 bits per heavy atom. The van der Waals surface area contributed by atoms with Crippen LogP contribution in [0.25, 0.3) is 0 Å². The number of hydrogen-bond acceptors (Lipinski definition) is 4. The van der Waals surface area contributed by atoms with Gasteiger partial charge in [0.1, 0.15) is 0 Å². The molecular weight excluding hydrogens is 328 g/mol. The van der Waals surface area contributed by atoms with E-state index in [1.165, 1.54) is 0 Å². The summed E-state index contributed by atoms with van der Waals surface area (Å²) in [7, 11) is 3.26. The Morgan fingerprint density at radius 1 is 1.00 bits per heavy atom. The number of para-hydroxylation sites is 1. The molecule has 0 aliphatic rings. The smallest absolute Gasteiger partial charge is 0.225 e. The predicted molar refractivity (Wildman–Crippen MR) is 105 cm³/mol. The van der Waals surface area contributed by atoms with Crippen LogP contribution in [0.15, 0.2) is 42.5 Å². The number of anilines is 1. The lowest BCUT2D eigenvalue weighted by Crippen LogP contribution is -2.23. The Kier molecular flexibility index (Phi) is 7.96. The number of aryl methyl sites for hydroxylation is 1. The highest BCUT2D eigenvalue weighted by Gasteiger charge is 2.06. The zero-order valence-corrected chi connectivity index (χ0v) is 15.8. The van der Waals surface area contributed by atoms with E-state index in [9.17, 15) is 4.79 Å². The van der Waals surface area contributed by atoms with Crippen molar-refractivity contribution in [2.24, 2.45) is 0 Å². The minimum atomic E-state index is 0.0320. The molecule has 0 bridgehead atoms. The number of hydrogen-bond donors (Lipinski definition) is 2. The molecule has 0 unspecified atom stereocenters. The van der Waals surface area contributed by atoms with Crippen LogP contribution in [0.5, 0.6) is 11.5 Å². The van der Waals surface area contributed by atoms with Gasteiger partial charge in [-0.25, -0.2) is 0 Å². The van der Waals surface area contributed by atoms with Crippen molar-refractivity contribution in [2.45, 2.75) is 26.2 Å². The maximum absolute atomic E-state index is 12.1. The van der Waals surface area contributed by atoms with E-state index in [1.807, 2.05) is 42.5 Å². The van der Waals surface area contributed by atoms with Crippen LogP contribution in [0.2, 0.25) is 0 Å². The Morgan fingerprint density at radius 2 is 1.77 bits per heavy atom. The monoisotopic (exact) mass is 356 g/mol. The van der Waals surface area contributed by atoms with E-state index >= 15 is 0 Å². The lowest BCUT2D eigenvalue weighted by molar-refractivity contribution is -0.116. The summed E-state index contributed by atoms with van der Waals surface area (Å²) >= 11 is 0. The van der Waals surface area contributed by atoms with Crippen LogP contribution in [0.1, 0.15) is 24.5 Å². The molecule has 2 aromatic carbocycles. The molecule has 0 aromatic heterocycles.